The fraction of sp³-hybridized carbons (Fsp3) is 0.438. The molecule has 0 spiro atoms. The van der Waals surface area contributed by atoms with Gasteiger partial charge in [-0.05, 0) is 17.6 Å². The van der Waals surface area contributed by atoms with Crippen molar-refractivity contribution in [1.82, 2.24) is 10.2 Å². The SMILES string of the molecule is CN=C(NCCS(C)(=O)=O)N1CC=C(c2ccccc2)CC1. The third kappa shape index (κ3) is 4.87. The van der Waals surface area contributed by atoms with Crippen molar-refractivity contribution in [2.24, 2.45) is 4.99 Å². The number of nitrogens with zero attached hydrogens (tertiary/aromatic N) is 2. The molecule has 1 aromatic rings. The minimum Gasteiger partial charge on any atom is -0.355 e. The van der Waals surface area contributed by atoms with E-state index in [0.29, 0.717) is 6.54 Å². The van der Waals surface area contributed by atoms with Crippen LogP contribution in [0.2, 0.25) is 0 Å². The predicted molar refractivity (Wildman–Crippen MR) is 91.7 cm³/mol. The zero-order valence-electron chi connectivity index (χ0n) is 13.1. The Bertz CT molecular complexity index is 651. The highest BCUT2D eigenvalue weighted by molar-refractivity contribution is 7.90. The summed E-state index contributed by atoms with van der Waals surface area (Å²) in [6.45, 7) is 2.04. The van der Waals surface area contributed by atoms with Gasteiger partial charge in [0.1, 0.15) is 9.84 Å². The summed E-state index contributed by atoms with van der Waals surface area (Å²) in [6, 6.07) is 10.4. The molecule has 0 atom stereocenters. The van der Waals surface area contributed by atoms with Crippen LogP contribution in [0.4, 0.5) is 0 Å². The maximum Gasteiger partial charge on any atom is 0.193 e. The Labute approximate surface area is 132 Å². The van der Waals surface area contributed by atoms with Crippen LogP contribution in [0.3, 0.4) is 0 Å². The van der Waals surface area contributed by atoms with Gasteiger partial charge in [-0.1, -0.05) is 36.4 Å². The molecule has 0 saturated carbocycles. The van der Waals surface area contributed by atoms with E-state index in [1.807, 2.05) is 18.2 Å². The molecule has 0 saturated heterocycles. The number of nitrogens with one attached hydrogen (secondary N) is 1. The molecule has 120 valence electrons. The Morgan fingerprint density at radius 2 is 2.05 bits per heavy atom. The molecule has 0 aliphatic carbocycles. The van der Waals surface area contributed by atoms with Crippen molar-refractivity contribution in [3.05, 3.63) is 42.0 Å². The number of hydrogen-bond donors (Lipinski definition) is 1. The molecule has 0 radical (unpaired) electrons. The molecule has 0 unspecified atom stereocenters. The van der Waals surface area contributed by atoms with Crippen LogP contribution in [-0.2, 0) is 9.84 Å². The van der Waals surface area contributed by atoms with Gasteiger partial charge < -0.3 is 10.2 Å². The maximum atomic E-state index is 11.2. The number of sulfone groups is 1. The molecule has 0 fully saturated rings. The molecule has 0 bridgehead atoms. The first-order valence-electron chi connectivity index (χ1n) is 7.37. The van der Waals surface area contributed by atoms with Crippen molar-refractivity contribution in [3.8, 4) is 0 Å². The lowest BCUT2D eigenvalue weighted by Crippen LogP contribution is -2.44. The Hall–Kier alpha value is -1.82. The van der Waals surface area contributed by atoms with Crippen LogP contribution in [0, 0.1) is 0 Å². The van der Waals surface area contributed by atoms with E-state index in [1.165, 1.54) is 17.4 Å². The number of hydrogen-bond acceptors (Lipinski definition) is 3. The van der Waals surface area contributed by atoms with Crippen LogP contribution >= 0.6 is 0 Å². The second kappa shape index (κ2) is 7.45. The topological polar surface area (TPSA) is 61.8 Å². The lowest BCUT2D eigenvalue weighted by molar-refractivity contribution is 0.441. The maximum absolute atomic E-state index is 11.2. The van der Waals surface area contributed by atoms with Gasteiger partial charge in [-0.15, -0.1) is 0 Å². The third-order valence-corrected chi connectivity index (χ3v) is 4.57. The zero-order valence-corrected chi connectivity index (χ0v) is 13.9. The smallest absolute Gasteiger partial charge is 0.193 e. The summed E-state index contributed by atoms with van der Waals surface area (Å²) in [5.41, 5.74) is 2.62. The quantitative estimate of drug-likeness (QED) is 0.672. The number of benzene rings is 1. The van der Waals surface area contributed by atoms with Gasteiger partial charge in [0.15, 0.2) is 5.96 Å². The second-order valence-corrected chi connectivity index (χ2v) is 7.66. The van der Waals surface area contributed by atoms with Crippen LogP contribution in [0.15, 0.2) is 41.4 Å². The van der Waals surface area contributed by atoms with Gasteiger partial charge in [0.25, 0.3) is 0 Å². The summed E-state index contributed by atoms with van der Waals surface area (Å²) in [5, 5.41) is 3.12. The summed E-state index contributed by atoms with van der Waals surface area (Å²) in [4.78, 5) is 6.37. The number of rotatable bonds is 4. The third-order valence-electron chi connectivity index (χ3n) is 3.62. The molecule has 1 aliphatic rings. The lowest BCUT2D eigenvalue weighted by Gasteiger charge is -2.29. The molecule has 0 amide bonds. The minimum atomic E-state index is -2.95. The van der Waals surface area contributed by atoms with Crippen molar-refractivity contribution < 1.29 is 8.42 Å². The molecule has 5 nitrogen and oxygen atoms in total. The van der Waals surface area contributed by atoms with Crippen LogP contribution in [0.5, 0.6) is 0 Å². The molecule has 22 heavy (non-hydrogen) atoms. The van der Waals surface area contributed by atoms with E-state index in [1.54, 1.807) is 7.05 Å². The van der Waals surface area contributed by atoms with Crippen LogP contribution in [-0.4, -0.2) is 58.0 Å². The average molecular weight is 321 g/mol. The Balaban J connectivity index is 1.93. The standard InChI is InChI=1S/C16H23N3O2S/c1-17-16(18-10-13-22(2,20)21)19-11-8-15(9-12-19)14-6-4-3-5-7-14/h3-8H,9-13H2,1-2H3,(H,17,18). The molecular weight excluding hydrogens is 298 g/mol. The first-order valence-corrected chi connectivity index (χ1v) is 9.43. The molecule has 0 aromatic heterocycles. The fourth-order valence-electron chi connectivity index (χ4n) is 2.46. The second-order valence-electron chi connectivity index (χ2n) is 5.40. The van der Waals surface area contributed by atoms with Crippen molar-refractivity contribution in [3.63, 3.8) is 0 Å². The monoisotopic (exact) mass is 321 g/mol. The molecule has 1 heterocycles. The Morgan fingerprint density at radius 1 is 1.32 bits per heavy atom. The largest absolute Gasteiger partial charge is 0.355 e. The first kappa shape index (κ1) is 16.5. The summed E-state index contributed by atoms with van der Waals surface area (Å²) in [7, 11) is -1.23. The van der Waals surface area contributed by atoms with Crippen molar-refractivity contribution in [2.45, 2.75) is 6.42 Å². The van der Waals surface area contributed by atoms with Crippen LogP contribution in [0.25, 0.3) is 5.57 Å². The van der Waals surface area contributed by atoms with Crippen LogP contribution < -0.4 is 5.32 Å². The van der Waals surface area contributed by atoms with E-state index in [-0.39, 0.29) is 5.75 Å². The highest BCUT2D eigenvalue weighted by atomic mass is 32.2. The highest BCUT2D eigenvalue weighted by Gasteiger charge is 2.16. The van der Waals surface area contributed by atoms with Gasteiger partial charge in [0.05, 0.1) is 5.75 Å². The Kier molecular flexibility index (Phi) is 5.60. The van der Waals surface area contributed by atoms with Gasteiger partial charge in [0, 0.05) is 32.9 Å². The van der Waals surface area contributed by atoms with E-state index in [9.17, 15) is 8.42 Å². The van der Waals surface area contributed by atoms with Crippen molar-refractivity contribution >= 4 is 21.4 Å². The van der Waals surface area contributed by atoms with Crippen LogP contribution in [0.1, 0.15) is 12.0 Å². The van der Waals surface area contributed by atoms with E-state index in [0.717, 1.165) is 25.5 Å². The van der Waals surface area contributed by atoms with Gasteiger partial charge in [-0.3, -0.25) is 4.99 Å². The van der Waals surface area contributed by atoms with E-state index < -0.39 is 9.84 Å². The number of guanidine groups is 1. The first-order chi connectivity index (χ1) is 10.5. The average Bonchev–Trinajstić information content (AvgIpc) is 2.52. The van der Waals surface area contributed by atoms with Crippen molar-refractivity contribution in [2.75, 3.05) is 38.7 Å². The zero-order chi connectivity index (χ0) is 16.0. The summed E-state index contributed by atoms with van der Waals surface area (Å²) < 4.78 is 22.3. The molecule has 1 aliphatic heterocycles. The molecule has 6 heteroatoms. The summed E-state index contributed by atoms with van der Waals surface area (Å²) in [6.07, 6.45) is 4.41. The minimum absolute atomic E-state index is 0.116. The van der Waals surface area contributed by atoms with Gasteiger partial charge in [-0.2, -0.15) is 0 Å². The fourth-order valence-corrected chi connectivity index (χ4v) is 2.93. The van der Waals surface area contributed by atoms with Gasteiger partial charge >= 0.3 is 0 Å². The van der Waals surface area contributed by atoms with E-state index >= 15 is 0 Å². The molecule has 1 aromatic carbocycles. The normalized spacial score (nSPS) is 16.4. The van der Waals surface area contributed by atoms with E-state index in [4.69, 9.17) is 0 Å². The van der Waals surface area contributed by atoms with Gasteiger partial charge in [0.2, 0.25) is 0 Å². The summed E-state index contributed by atoms with van der Waals surface area (Å²) in [5.74, 6) is 0.873. The summed E-state index contributed by atoms with van der Waals surface area (Å²) >= 11 is 0. The highest BCUT2D eigenvalue weighted by Crippen LogP contribution is 2.21. The number of aliphatic imine (C=N–C) groups is 1. The van der Waals surface area contributed by atoms with Crippen molar-refractivity contribution in [1.29, 1.82) is 0 Å². The van der Waals surface area contributed by atoms with E-state index in [2.05, 4.69) is 33.4 Å². The molecular formula is C16H23N3O2S. The lowest BCUT2D eigenvalue weighted by atomic mass is 10.00. The van der Waals surface area contributed by atoms with Gasteiger partial charge in [-0.25, -0.2) is 8.42 Å². The molecule has 2 rings (SSSR count). The Morgan fingerprint density at radius 3 is 2.59 bits per heavy atom. The predicted octanol–water partition coefficient (Wildman–Crippen LogP) is 1.40. The molecule has 1 N–H and O–H groups in total.